The van der Waals surface area contributed by atoms with Crippen LogP contribution in [-0.4, -0.2) is 4.66 Å². The standard InChI is InChI=1S/C20H19P.ClHO4/c1-2-17-11-9-10-16-20(17)21(18-12-5-3-6-13-18)19-14-7-4-8-15-19;2-1(3,4)5/h3-16H,2H2,1H3;(H,2,3,4,5). The van der Waals surface area contributed by atoms with E-state index in [9.17, 15) is 0 Å². The number of benzene rings is 3. The maximum Gasteiger partial charge on any atom is 0.0777 e. The summed E-state index contributed by atoms with van der Waals surface area (Å²) in [6, 6.07) is 30.6. The Hall–Kier alpha value is -1.78. The van der Waals surface area contributed by atoms with E-state index in [1.165, 1.54) is 21.5 Å². The van der Waals surface area contributed by atoms with Gasteiger partial charge in [-0.1, -0.05) is 91.9 Å². The van der Waals surface area contributed by atoms with Gasteiger partial charge >= 0.3 is 0 Å². The van der Waals surface area contributed by atoms with Crippen LogP contribution in [0.15, 0.2) is 84.9 Å². The second-order valence-corrected chi connectivity index (χ2v) is 8.36. The Morgan fingerprint density at radius 1 is 0.731 bits per heavy atom. The molecule has 0 aliphatic carbocycles. The molecule has 26 heavy (non-hydrogen) atoms. The molecule has 6 heteroatoms. The summed E-state index contributed by atoms with van der Waals surface area (Å²) in [6.07, 6.45) is 1.08. The van der Waals surface area contributed by atoms with Gasteiger partial charge in [-0.3, -0.25) is 0 Å². The van der Waals surface area contributed by atoms with Gasteiger partial charge in [0, 0.05) is 0 Å². The zero-order valence-electron chi connectivity index (χ0n) is 14.3. The molecule has 3 aromatic carbocycles. The predicted octanol–water partition coefficient (Wildman–Crippen LogP) is -0.117. The van der Waals surface area contributed by atoms with Gasteiger partial charge in [-0.25, -0.2) is 0 Å². The van der Waals surface area contributed by atoms with Crippen molar-refractivity contribution in [3.8, 4) is 0 Å². The number of hydrogen-bond donors (Lipinski definition) is 1. The molecular weight excluding hydrogens is 371 g/mol. The Morgan fingerprint density at radius 3 is 1.54 bits per heavy atom. The first-order valence-electron chi connectivity index (χ1n) is 8.01. The average molecular weight is 391 g/mol. The molecule has 0 heterocycles. The third-order valence-electron chi connectivity index (χ3n) is 3.64. The lowest BCUT2D eigenvalue weighted by atomic mass is 10.2. The topological polar surface area (TPSA) is 89.4 Å². The lowest BCUT2D eigenvalue weighted by Crippen LogP contribution is -2.58. The van der Waals surface area contributed by atoms with Crippen molar-refractivity contribution in [3.05, 3.63) is 90.5 Å². The predicted molar refractivity (Wildman–Crippen MR) is 96.7 cm³/mol. The molecule has 0 aromatic heterocycles. The summed E-state index contributed by atoms with van der Waals surface area (Å²) in [7, 11) is -5.17. The summed E-state index contributed by atoms with van der Waals surface area (Å²) >= 11 is 0. The van der Waals surface area contributed by atoms with Crippen molar-refractivity contribution in [2.45, 2.75) is 13.3 Å². The Balaban J connectivity index is 0.000000431. The van der Waals surface area contributed by atoms with E-state index in [0.29, 0.717) is 0 Å². The maximum atomic E-state index is 8.60. The Kier molecular flexibility index (Phi) is 7.73. The molecule has 136 valence electrons. The highest BCUT2D eigenvalue weighted by molar-refractivity contribution is 7.79. The third-order valence-corrected chi connectivity index (χ3v) is 6.19. The highest BCUT2D eigenvalue weighted by atomic mass is 35.7. The molecule has 0 radical (unpaired) electrons. The molecule has 0 unspecified atom stereocenters. The van der Waals surface area contributed by atoms with Gasteiger partial charge in [-0.2, -0.15) is 14.0 Å². The summed E-state index contributed by atoms with van der Waals surface area (Å²) in [6.45, 7) is 2.24. The molecule has 4 nitrogen and oxygen atoms in total. The van der Waals surface area contributed by atoms with E-state index in [0.717, 1.165) is 6.42 Å². The Labute approximate surface area is 156 Å². The van der Waals surface area contributed by atoms with Crippen molar-refractivity contribution >= 4 is 23.8 Å². The van der Waals surface area contributed by atoms with Crippen molar-refractivity contribution in [2.75, 3.05) is 0 Å². The van der Waals surface area contributed by atoms with Gasteiger partial charge in [0.25, 0.3) is 0 Å². The SMILES string of the molecule is CCc1ccccc1P(c1ccccc1)c1ccccc1.[O-][Cl+3]([O-])([O-])O. The summed E-state index contributed by atoms with van der Waals surface area (Å²) in [5.41, 5.74) is 1.45. The van der Waals surface area contributed by atoms with E-state index in [1.54, 1.807) is 0 Å². The Bertz CT molecular complexity index is 746. The number of aryl methyl sites for hydroxylation is 1. The molecule has 0 aliphatic heterocycles. The van der Waals surface area contributed by atoms with Crippen LogP contribution >= 0.6 is 7.92 Å². The molecule has 0 saturated carbocycles. The second-order valence-electron chi connectivity index (χ2n) is 5.38. The first-order valence-corrected chi connectivity index (χ1v) is 10.6. The number of halogens is 1. The van der Waals surface area contributed by atoms with Gasteiger partial charge in [-0.15, -0.1) is 0 Å². The fraction of sp³-hybridized carbons (Fsp3) is 0.100. The van der Waals surface area contributed by atoms with Crippen molar-refractivity contribution in [2.24, 2.45) is 0 Å². The van der Waals surface area contributed by atoms with Crippen molar-refractivity contribution in [3.63, 3.8) is 0 Å². The summed E-state index contributed by atoms with van der Waals surface area (Å²) in [5, 5.41) is 4.31. The summed E-state index contributed by atoms with van der Waals surface area (Å²) in [5.74, 6) is 0. The molecule has 0 aliphatic rings. The molecule has 0 saturated heterocycles. The van der Waals surface area contributed by atoms with Crippen molar-refractivity contribution < 1.29 is 28.9 Å². The zero-order valence-corrected chi connectivity index (χ0v) is 15.9. The maximum absolute atomic E-state index is 8.60. The fourth-order valence-electron chi connectivity index (χ4n) is 2.61. The first-order chi connectivity index (χ1) is 12.4. The van der Waals surface area contributed by atoms with Gasteiger partial charge in [0.15, 0.2) is 0 Å². The van der Waals surface area contributed by atoms with E-state index < -0.39 is 18.2 Å². The van der Waals surface area contributed by atoms with Crippen LogP contribution in [-0.2, 0) is 6.42 Å². The fourth-order valence-corrected chi connectivity index (χ4v) is 5.16. The van der Waals surface area contributed by atoms with Gasteiger partial charge < -0.3 is 0 Å². The van der Waals surface area contributed by atoms with E-state index in [4.69, 9.17) is 18.6 Å². The van der Waals surface area contributed by atoms with Crippen LogP contribution in [0.5, 0.6) is 0 Å². The molecular formula is C20H20ClO4P. The van der Waals surface area contributed by atoms with Crippen LogP contribution in [0.1, 0.15) is 12.5 Å². The van der Waals surface area contributed by atoms with Crippen LogP contribution in [0.2, 0.25) is 0 Å². The minimum atomic E-state index is -4.69. The lowest BCUT2D eigenvalue weighted by molar-refractivity contribution is -1.92. The van der Waals surface area contributed by atoms with E-state index >= 15 is 0 Å². The van der Waals surface area contributed by atoms with Crippen molar-refractivity contribution in [1.29, 1.82) is 0 Å². The van der Waals surface area contributed by atoms with Gasteiger partial charge in [0.05, 0.1) is 14.9 Å². The van der Waals surface area contributed by atoms with Crippen LogP contribution in [0.3, 0.4) is 0 Å². The number of rotatable bonds is 4. The molecule has 3 rings (SSSR count). The van der Waals surface area contributed by atoms with Crippen LogP contribution in [0.4, 0.5) is 0 Å². The average Bonchev–Trinajstić information content (AvgIpc) is 2.63. The van der Waals surface area contributed by atoms with Crippen LogP contribution < -0.4 is 29.9 Å². The first kappa shape index (κ1) is 20.5. The van der Waals surface area contributed by atoms with E-state index in [-0.39, 0.29) is 0 Å². The largest absolute Gasteiger partial charge is 0.183 e. The Morgan fingerprint density at radius 2 is 1.12 bits per heavy atom. The lowest BCUT2D eigenvalue weighted by Gasteiger charge is -2.21. The van der Waals surface area contributed by atoms with Crippen LogP contribution in [0, 0.1) is 10.2 Å². The normalized spacial score (nSPS) is 11.0. The van der Waals surface area contributed by atoms with Gasteiger partial charge in [-0.05, 0) is 35.8 Å². The zero-order chi connectivity index (χ0) is 19.0. The molecule has 0 atom stereocenters. The minimum absolute atomic E-state index is 0.473. The van der Waals surface area contributed by atoms with Gasteiger partial charge in [0.1, 0.15) is 0 Å². The monoisotopic (exact) mass is 390 g/mol. The molecule has 0 spiro atoms. The highest BCUT2D eigenvalue weighted by Crippen LogP contribution is 2.33. The molecule has 0 fully saturated rings. The number of hydrogen-bond acceptors (Lipinski definition) is 4. The second kappa shape index (κ2) is 9.79. The minimum Gasteiger partial charge on any atom is -0.183 e. The quantitative estimate of drug-likeness (QED) is 0.629. The smallest absolute Gasteiger partial charge is 0.0777 e. The van der Waals surface area contributed by atoms with Crippen molar-refractivity contribution in [1.82, 2.24) is 0 Å². The van der Waals surface area contributed by atoms with Crippen LogP contribution in [0.25, 0.3) is 0 Å². The van der Waals surface area contributed by atoms with E-state index in [1.807, 2.05) is 0 Å². The van der Waals surface area contributed by atoms with Gasteiger partial charge in [0.2, 0.25) is 0 Å². The summed E-state index contributed by atoms with van der Waals surface area (Å²) in [4.78, 5) is 0. The molecule has 0 amide bonds. The molecule has 0 bridgehead atoms. The molecule has 3 aromatic rings. The van der Waals surface area contributed by atoms with E-state index in [2.05, 4.69) is 91.9 Å². The third kappa shape index (κ3) is 6.50. The summed E-state index contributed by atoms with van der Waals surface area (Å²) < 4.78 is 32.7. The molecule has 1 N–H and O–H groups in total. The highest BCUT2D eigenvalue weighted by Gasteiger charge is 2.18.